The van der Waals surface area contributed by atoms with E-state index in [9.17, 15) is 18.4 Å². The van der Waals surface area contributed by atoms with Crippen LogP contribution in [0.2, 0.25) is 0 Å². The van der Waals surface area contributed by atoms with E-state index in [1.165, 1.54) is 33.6 Å². The number of carbonyl (C=O) groups is 1. The van der Waals surface area contributed by atoms with Gasteiger partial charge in [-0.3, -0.25) is 14.2 Å². The molecule has 1 fully saturated rings. The molecule has 5 rings (SSSR count). The van der Waals surface area contributed by atoms with E-state index in [0.717, 1.165) is 0 Å². The largest absolute Gasteiger partial charge is 0.366 e. The Morgan fingerprint density at radius 2 is 1.71 bits per heavy atom. The maximum atomic E-state index is 14.1. The van der Waals surface area contributed by atoms with E-state index in [2.05, 4.69) is 10.1 Å². The van der Waals surface area contributed by atoms with Crippen molar-refractivity contribution in [3.8, 4) is 5.69 Å². The van der Waals surface area contributed by atoms with E-state index >= 15 is 0 Å². The number of fused-ring (bicyclic) bond motifs is 1. The summed E-state index contributed by atoms with van der Waals surface area (Å²) in [4.78, 5) is 34.2. The Morgan fingerprint density at radius 3 is 2.43 bits per heavy atom. The summed E-state index contributed by atoms with van der Waals surface area (Å²) in [6.07, 6.45) is 1.59. The van der Waals surface area contributed by atoms with Gasteiger partial charge in [0.2, 0.25) is 5.91 Å². The summed E-state index contributed by atoms with van der Waals surface area (Å²) in [5.41, 5.74) is 1.24. The van der Waals surface area contributed by atoms with Crippen LogP contribution in [0.5, 0.6) is 0 Å². The average Bonchev–Trinajstić information content (AvgIpc) is 3.28. The van der Waals surface area contributed by atoms with Crippen LogP contribution in [0.15, 0.2) is 59.5 Å². The van der Waals surface area contributed by atoms with Crippen LogP contribution in [0, 0.1) is 18.6 Å². The third-order valence-corrected chi connectivity index (χ3v) is 6.32. The molecule has 8 nitrogen and oxygen atoms in total. The summed E-state index contributed by atoms with van der Waals surface area (Å²) in [5, 5.41) is 4.58. The SMILES string of the molecule is Cc1nc2c(cnn2-c2ccc(F)cc2)c(=O)n1CCC(=O)N1CCN(c2ccccc2F)CC1. The number of rotatable bonds is 5. The van der Waals surface area contributed by atoms with Crippen molar-refractivity contribution in [1.82, 2.24) is 24.2 Å². The maximum Gasteiger partial charge on any atom is 0.264 e. The Hall–Kier alpha value is -4.08. The highest BCUT2D eigenvalue weighted by atomic mass is 19.1. The molecule has 1 amide bonds. The van der Waals surface area contributed by atoms with Crippen LogP contribution in [-0.4, -0.2) is 56.3 Å². The molecule has 0 aliphatic carbocycles. The van der Waals surface area contributed by atoms with Gasteiger partial charge in [0.1, 0.15) is 22.8 Å². The Bertz CT molecular complexity index is 1440. The molecule has 35 heavy (non-hydrogen) atoms. The van der Waals surface area contributed by atoms with Crippen molar-refractivity contribution < 1.29 is 13.6 Å². The number of carbonyl (C=O) groups excluding carboxylic acids is 1. The first kappa shape index (κ1) is 22.7. The first-order valence-electron chi connectivity index (χ1n) is 11.4. The van der Waals surface area contributed by atoms with Crippen LogP contribution in [0.25, 0.3) is 16.7 Å². The number of para-hydroxylation sites is 1. The second-order valence-corrected chi connectivity index (χ2v) is 8.46. The van der Waals surface area contributed by atoms with Gasteiger partial charge in [0.25, 0.3) is 5.56 Å². The first-order chi connectivity index (χ1) is 16.9. The number of nitrogens with zero attached hydrogens (tertiary/aromatic N) is 6. The van der Waals surface area contributed by atoms with Crippen LogP contribution in [-0.2, 0) is 11.3 Å². The molecule has 0 atom stereocenters. The minimum Gasteiger partial charge on any atom is -0.366 e. The highest BCUT2D eigenvalue weighted by molar-refractivity contribution is 5.77. The number of halogens is 2. The lowest BCUT2D eigenvalue weighted by atomic mass is 10.2. The van der Waals surface area contributed by atoms with E-state index in [4.69, 9.17) is 0 Å². The van der Waals surface area contributed by atoms with Gasteiger partial charge in [-0.2, -0.15) is 5.10 Å². The van der Waals surface area contributed by atoms with Crippen LogP contribution in [0.4, 0.5) is 14.5 Å². The van der Waals surface area contributed by atoms with E-state index in [0.29, 0.717) is 54.4 Å². The molecule has 1 aliphatic heterocycles. The number of aromatic nitrogens is 4. The van der Waals surface area contributed by atoms with E-state index in [1.54, 1.807) is 42.2 Å². The van der Waals surface area contributed by atoms with Crippen molar-refractivity contribution in [2.24, 2.45) is 0 Å². The molecule has 2 aromatic carbocycles. The molecule has 0 unspecified atom stereocenters. The molecule has 1 aliphatic rings. The molecule has 4 aromatic rings. The molecular formula is C25H24F2N6O2. The lowest BCUT2D eigenvalue weighted by Gasteiger charge is -2.36. The number of amides is 1. The Morgan fingerprint density at radius 1 is 1.00 bits per heavy atom. The standard InChI is InChI=1S/C25H24F2N6O2/c1-17-29-24-20(16-28-33(24)19-8-6-18(26)7-9-19)25(35)32(17)11-10-23(34)31-14-12-30(13-15-31)22-5-3-2-4-21(22)27/h2-9,16H,10-15H2,1H3. The fourth-order valence-corrected chi connectivity index (χ4v) is 4.41. The molecule has 0 radical (unpaired) electrons. The van der Waals surface area contributed by atoms with Crippen LogP contribution in [0.1, 0.15) is 12.2 Å². The molecule has 3 heterocycles. The van der Waals surface area contributed by atoms with E-state index in [-0.39, 0.29) is 36.1 Å². The Labute approximate surface area is 200 Å². The first-order valence-corrected chi connectivity index (χ1v) is 11.4. The Kier molecular flexibility index (Phi) is 6.02. The predicted molar refractivity (Wildman–Crippen MR) is 128 cm³/mol. The van der Waals surface area contributed by atoms with Gasteiger partial charge in [0, 0.05) is 39.1 Å². The van der Waals surface area contributed by atoms with Gasteiger partial charge < -0.3 is 9.80 Å². The zero-order valence-electron chi connectivity index (χ0n) is 19.2. The van der Waals surface area contributed by atoms with E-state index in [1.807, 2.05) is 4.90 Å². The molecule has 0 saturated carbocycles. The number of piperazine rings is 1. The molecule has 0 spiro atoms. The monoisotopic (exact) mass is 478 g/mol. The number of benzene rings is 2. The lowest BCUT2D eigenvalue weighted by molar-refractivity contribution is -0.131. The van der Waals surface area contributed by atoms with Gasteiger partial charge >= 0.3 is 0 Å². The molecular weight excluding hydrogens is 454 g/mol. The summed E-state index contributed by atoms with van der Waals surface area (Å²) in [7, 11) is 0. The van der Waals surface area contributed by atoms with Crippen LogP contribution in [0.3, 0.4) is 0 Å². The molecule has 10 heteroatoms. The van der Waals surface area contributed by atoms with Crippen molar-refractivity contribution in [1.29, 1.82) is 0 Å². The van der Waals surface area contributed by atoms with Gasteiger partial charge in [-0.1, -0.05) is 12.1 Å². The summed E-state index contributed by atoms with van der Waals surface area (Å²) in [6, 6.07) is 12.4. The second kappa shape index (κ2) is 9.28. The van der Waals surface area contributed by atoms with Gasteiger partial charge in [-0.25, -0.2) is 18.4 Å². The maximum absolute atomic E-state index is 14.1. The van der Waals surface area contributed by atoms with Crippen molar-refractivity contribution in [3.05, 3.63) is 82.5 Å². The van der Waals surface area contributed by atoms with Crippen molar-refractivity contribution >= 4 is 22.6 Å². The van der Waals surface area contributed by atoms with Crippen molar-refractivity contribution in [2.45, 2.75) is 19.9 Å². The third kappa shape index (κ3) is 4.39. The third-order valence-electron chi connectivity index (χ3n) is 6.32. The van der Waals surface area contributed by atoms with Crippen LogP contribution >= 0.6 is 0 Å². The van der Waals surface area contributed by atoms with Gasteiger partial charge in [-0.05, 0) is 43.3 Å². The van der Waals surface area contributed by atoms with Gasteiger partial charge in [0.05, 0.1) is 17.6 Å². The lowest BCUT2D eigenvalue weighted by Crippen LogP contribution is -2.49. The number of hydrogen-bond acceptors (Lipinski definition) is 5. The number of hydrogen-bond donors (Lipinski definition) is 0. The molecule has 1 saturated heterocycles. The zero-order chi connectivity index (χ0) is 24.5. The molecule has 2 aromatic heterocycles. The zero-order valence-corrected chi connectivity index (χ0v) is 19.2. The summed E-state index contributed by atoms with van der Waals surface area (Å²) in [6.45, 7) is 3.97. The normalized spacial score (nSPS) is 14.0. The average molecular weight is 479 g/mol. The second-order valence-electron chi connectivity index (χ2n) is 8.46. The fraction of sp³-hybridized carbons (Fsp3) is 0.280. The van der Waals surface area contributed by atoms with Crippen molar-refractivity contribution in [2.75, 3.05) is 31.1 Å². The quantitative estimate of drug-likeness (QED) is 0.441. The summed E-state index contributed by atoms with van der Waals surface area (Å²) >= 11 is 0. The topological polar surface area (TPSA) is 76.3 Å². The van der Waals surface area contributed by atoms with Crippen LogP contribution < -0.4 is 10.5 Å². The molecule has 0 N–H and O–H groups in total. The number of anilines is 1. The number of aryl methyl sites for hydroxylation is 1. The Balaban J connectivity index is 1.27. The van der Waals surface area contributed by atoms with Gasteiger partial charge in [-0.15, -0.1) is 0 Å². The predicted octanol–water partition coefficient (Wildman–Crippen LogP) is 2.91. The molecule has 0 bridgehead atoms. The van der Waals surface area contributed by atoms with Crippen molar-refractivity contribution in [3.63, 3.8) is 0 Å². The fourth-order valence-electron chi connectivity index (χ4n) is 4.41. The van der Waals surface area contributed by atoms with Gasteiger partial charge in [0.15, 0.2) is 5.65 Å². The smallest absolute Gasteiger partial charge is 0.264 e. The minimum absolute atomic E-state index is 0.0633. The molecule has 180 valence electrons. The summed E-state index contributed by atoms with van der Waals surface area (Å²) in [5.74, 6) is -0.238. The van der Waals surface area contributed by atoms with E-state index < -0.39 is 0 Å². The highest BCUT2D eigenvalue weighted by Gasteiger charge is 2.23. The summed E-state index contributed by atoms with van der Waals surface area (Å²) < 4.78 is 30.3. The highest BCUT2D eigenvalue weighted by Crippen LogP contribution is 2.20. The minimum atomic E-state index is -0.366.